The Balaban J connectivity index is 3.48. The highest BCUT2D eigenvalue weighted by atomic mass is 35.5. The molecule has 25 heavy (non-hydrogen) atoms. The molecule has 0 fully saturated rings. The van der Waals surface area contributed by atoms with E-state index in [4.69, 9.17) is 39.0 Å². The molecule has 0 spiro atoms. The third kappa shape index (κ3) is 6.10. The van der Waals surface area contributed by atoms with E-state index >= 15 is 0 Å². The number of hydrogen-bond acceptors (Lipinski definition) is 5. The van der Waals surface area contributed by atoms with Crippen LogP contribution in [0.25, 0.3) is 5.57 Å². The number of carbonyl (C=O) groups is 1. The Hall–Kier alpha value is -1.43. The maximum absolute atomic E-state index is 11.8. The molecule has 0 aliphatic rings. The molecule has 0 aliphatic carbocycles. The molecule has 2 N–H and O–H groups in total. The molecule has 0 saturated carbocycles. The van der Waals surface area contributed by atoms with Crippen LogP contribution in [0.2, 0.25) is 5.02 Å². The minimum atomic E-state index is 0.0323. The van der Waals surface area contributed by atoms with E-state index in [9.17, 15) is 4.79 Å². The number of methoxy groups -OCH3 is 2. The van der Waals surface area contributed by atoms with Gasteiger partial charge in [0.2, 0.25) is 0 Å². The van der Waals surface area contributed by atoms with Gasteiger partial charge in [-0.05, 0) is 42.8 Å². The van der Waals surface area contributed by atoms with Gasteiger partial charge in [-0.3, -0.25) is 4.79 Å². The fraction of sp³-hybridized carbons (Fsp3) is 0.474. The van der Waals surface area contributed by atoms with Crippen molar-refractivity contribution in [1.29, 1.82) is 0 Å². The van der Waals surface area contributed by atoms with Crippen molar-refractivity contribution in [3.05, 3.63) is 28.8 Å². The second-order valence-corrected chi connectivity index (χ2v) is 6.69. The molecule has 1 rings (SSSR count). The van der Waals surface area contributed by atoms with Crippen molar-refractivity contribution in [1.82, 2.24) is 0 Å². The van der Waals surface area contributed by atoms with Crippen molar-refractivity contribution in [3.8, 4) is 11.5 Å². The lowest BCUT2D eigenvalue weighted by molar-refractivity contribution is -0.116. The van der Waals surface area contributed by atoms with Crippen LogP contribution in [0, 0.1) is 5.92 Å². The molecular weight excluding hydrogens is 358 g/mol. The Morgan fingerprint density at radius 1 is 1.32 bits per heavy atom. The van der Waals surface area contributed by atoms with E-state index in [0.29, 0.717) is 23.1 Å². The highest BCUT2D eigenvalue weighted by Gasteiger charge is 2.18. The van der Waals surface area contributed by atoms with Crippen molar-refractivity contribution in [2.24, 2.45) is 11.7 Å². The van der Waals surface area contributed by atoms with E-state index in [1.807, 2.05) is 13.0 Å². The summed E-state index contributed by atoms with van der Waals surface area (Å²) in [5.41, 5.74) is 7.34. The molecule has 0 aromatic heterocycles. The first-order chi connectivity index (χ1) is 11.9. The van der Waals surface area contributed by atoms with Crippen LogP contribution in [0.3, 0.4) is 0 Å². The second-order valence-electron chi connectivity index (χ2n) is 5.76. The minimum absolute atomic E-state index is 0.0323. The summed E-state index contributed by atoms with van der Waals surface area (Å²) in [6.45, 7) is 4.10. The molecule has 1 aromatic rings. The van der Waals surface area contributed by atoms with Gasteiger partial charge in [-0.1, -0.05) is 36.8 Å². The monoisotopic (exact) mass is 383 g/mol. The largest absolute Gasteiger partial charge is 0.496 e. The van der Waals surface area contributed by atoms with E-state index in [-0.39, 0.29) is 18.1 Å². The summed E-state index contributed by atoms with van der Waals surface area (Å²) in [6.07, 6.45) is 3.82. The van der Waals surface area contributed by atoms with Gasteiger partial charge in [-0.25, -0.2) is 0 Å². The van der Waals surface area contributed by atoms with Crippen molar-refractivity contribution < 1.29 is 14.3 Å². The normalized spacial score (nSPS) is 12.6. The number of Topliss-reactive ketones (excluding diaryl/α,β-unsaturated/α-hetero) is 1. The quantitative estimate of drug-likeness (QED) is 0.604. The minimum Gasteiger partial charge on any atom is -0.496 e. The lowest BCUT2D eigenvalue weighted by Crippen LogP contribution is -2.15. The Kier molecular flexibility index (Phi) is 9.11. The van der Waals surface area contributed by atoms with Crippen LogP contribution >= 0.6 is 23.8 Å². The molecule has 0 amide bonds. The highest BCUT2D eigenvalue weighted by Crippen LogP contribution is 2.38. The van der Waals surface area contributed by atoms with Crippen LogP contribution in [0.1, 0.15) is 38.7 Å². The van der Waals surface area contributed by atoms with E-state index in [2.05, 4.69) is 0 Å². The summed E-state index contributed by atoms with van der Waals surface area (Å²) in [7, 11) is 3.12. The zero-order valence-corrected chi connectivity index (χ0v) is 16.8. The zero-order chi connectivity index (χ0) is 19.0. The standard InChI is InChI=1S/C19H26ClNO3S/c1-5-19(25)13(6-7-21)9-14(8-12(2)22)15-10-16(20)18(24-4)11-17(15)23-3/h9-11,13H,5-8,21H2,1-4H3/b14-9+. The average molecular weight is 384 g/mol. The van der Waals surface area contributed by atoms with Crippen LogP contribution in [0.4, 0.5) is 0 Å². The van der Waals surface area contributed by atoms with Gasteiger partial charge in [0, 0.05) is 24.0 Å². The second kappa shape index (κ2) is 10.5. The first kappa shape index (κ1) is 21.6. The lowest BCUT2D eigenvalue weighted by Gasteiger charge is -2.18. The van der Waals surface area contributed by atoms with Gasteiger partial charge in [0.25, 0.3) is 0 Å². The van der Waals surface area contributed by atoms with Crippen LogP contribution in [-0.4, -0.2) is 31.4 Å². The number of ketones is 1. The lowest BCUT2D eigenvalue weighted by atomic mass is 9.91. The molecule has 1 unspecified atom stereocenters. The third-order valence-electron chi connectivity index (χ3n) is 3.90. The fourth-order valence-corrected chi connectivity index (χ4v) is 3.07. The maximum atomic E-state index is 11.8. The van der Waals surface area contributed by atoms with Gasteiger partial charge in [0.05, 0.1) is 19.2 Å². The molecule has 6 heteroatoms. The number of ether oxygens (including phenoxy) is 2. The summed E-state index contributed by atoms with van der Waals surface area (Å²) in [6, 6.07) is 3.49. The van der Waals surface area contributed by atoms with E-state index in [0.717, 1.165) is 28.8 Å². The van der Waals surface area contributed by atoms with E-state index in [1.165, 1.54) is 0 Å². The highest BCUT2D eigenvalue weighted by molar-refractivity contribution is 7.80. The zero-order valence-electron chi connectivity index (χ0n) is 15.2. The van der Waals surface area contributed by atoms with Crippen molar-refractivity contribution in [2.75, 3.05) is 20.8 Å². The number of halogens is 1. The Labute approximate surface area is 160 Å². The molecule has 0 saturated heterocycles. The van der Waals surface area contributed by atoms with Gasteiger partial charge < -0.3 is 15.2 Å². The number of benzene rings is 1. The maximum Gasteiger partial charge on any atom is 0.141 e. The molecule has 1 aromatic carbocycles. The van der Waals surface area contributed by atoms with Gasteiger partial charge in [0.15, 0.2) is 0 Å². The Bertz CT molecular complexity index is 658. The van der Waals surface area contributed by atoms with Crippen LogP contribution in [0.5, 0.6) is 11.5 Å². The number of rotatable bonds is 10. The molecule has 0 heterocycles. The fourth-order valence-electron chi connectivity index (χ4n) is 2.64. The first-order valence-corrected chi connectivity index (χ1v) is 9.01. The Morgan fingerprint density at radius 3 is 2.44 bits per heavy atom. The van der Waals surface area contributed by atoms with Gasteiger partial charge in [-0.2, -0.15) is 0 Å². The number of carbonyl (C=O) groups excluding carboxylic acids is 1. The number of allylic oxidation sites excluding steroid dienone is 2. The smallest absolute Gasteiger partial charge is 0.141 e. The molecule has 0 radical (unpaired) electrons. The van der Waals surface area contributed by atoms with Crippen LogP contribution < -0.4 is 15.2 Å². The number of nitrogens with two attached hydrogens (primary N) is 1. The molecule has 1 atom stereocenters. The topological polar surface area (TPSA) is 61.5 Å². The number of hydrogen-bond donors (Lipinski definition) is 1. The Morgan fingerprint density at radius 2 is 1.96 bits per heavy atom. The first-order valence-electron chi connectivity index (χ1n) is 8.22. The molecule has 138 valence electrons. The summed E-state index contributed by atoms with van der Waals surface area (Å²) in [5.74, 6) is 1.20. The van der Waals surface area contributed by atoms with Crippen LogP contribution in [-0.2, 0) is 4.79 Å². The number of thiocarbonyl (C=S) groups is 1. The molecule has 4 nitrogen and oxygen atoms in total. The predicted octanol–water partition coefficient (Wildman–Crippen LogP) is 4.46. The molecular formula is C19H26ClNO3S. The average Bonchev–Trinajstić information content (AvgIpc) is 2.59. The van der Waals surface area contributed by atoms with Gasteiger partial charge >= 0.3 is 0 Å². The van der Waals surface area contributed by atoms with E-state index in [1.54, 1.807) is 33.3 Å². The summed E-state index contributed by atoms with van der Waals surface area (Å²) in [4.78, 5) is 12.7. The summed E-state index contributed by atoms with van der Waals surface area (Å²) < 4.78 is 10.7. The van der Waals surface area contributed by atoms with Crippen molar-refractivity contribution in [2.45, 2.75) is 33.1 Å². The predicted molar refractivity (Wildman–Crippen MR) is 108 cm³/mol. The van der Waals surface area contributed by atoms with Crippen molar-refractivity contribution >= 4 is 40.0 Å². The summed E-state index contributed by atoms with van der Waals surface area (Å²) in [5, 5.41) is 0.459. The third-order valence-corrected chi connectivity index (χ3v) is 4.79. The van der Waals surface area contributed by atoms with Crippen LogP contribution in [0.15, 0.2) is 18.2 Å². The van der Waals surface area contributed by atoms with Gasteiger partial charge in [-0.15, -0.1) is 0 Å². The molecule has 0 bridgehead atoms. The summed E-state index contributed by atoms with van der Waals surface area (Å²) >= 11 is 11.8. The SMILES string of the molecule is CCC(=S)C(/C=C(\CC(C)=O)c1cc(Cl)c(OC)cc1OC)CCN. The van der Waals surface area contributed by atoms with Gasteiger partial charge in [0.1, 0.15) is 17.3 Å². The van der Waals surface area contributed by atoms with E-state index < -0.39 is 0 Å². The molecule has 0 aliphatic heterocycles. The van der Waals surface area contributed by atoms with Crippen molar-refractivity contribution in [3.63, 3.8) is 0 Å².